The number of nitrogen functional groups attached to an aromatic ring is 1. The molecular weight excluding hydrogens is 270 g/mol. The Labute approximate surface area is 122 Å². The van der Waals surface area contributed by atoms with E-state index in [1.807, 2.05) is 32.9 Å². The van der Waals surface area contributed by atoms with Gasteiger partial charge in [-0.3, -0.25) is 4.98 Å². The Morgan fingerprint density at radius 1 is 1.43 bits per heavy atom. The molecule has 0 aromatic carbocycles. The molecule has 2 heterocycles. The topological polar surface area (TPSA) is 109 Å². The summed E-state index contributed by atoms with van der Waals surface area (Å²) in [6, 6.07) is 3.75. The lowest BCUT2D eigenvalue weighted by Gasteiger charge is -2.16. The van der Waals surface area contributed by atoms with E-state index in [-0.39, 0.29) is 17.0 Å². The van der Waals surface area contributed by atoms with E-state index >= 15 is 0 Å². The maximum atomic E-state index is 11.1. The summed E-state index contributed by atoms with van der Waals surface area (Å²) >= 11 is 0. The third-order valence-electron chi connectivity index (χ3n) is 2.91. The maximum absolute atomic E-state index is 11.1. The molecule has 0 unspecified atom stereocenters. The van der Waals surface area contributed by atoms with Gasteiger partial charge in [-0.25, -0.2) is 9.48 Å². The van der Waals surface area contributed by atoms with Gasteiger partial charge in [-0.2, -0.15) is 5.10 Å². The van der Waals surface area contributed by atoms with E-state index in [0.29, 0.717) is 12.2 Å². The number of anilines is 1. The molecule has 7 nitrogen and oxygen atoms in total. The van der Waals surface area contributed by atoms with Crippen molar-refractivity contribution in [3.05, 3.63) is 35.8 Å². The van der Waals surface area contributed by atoms with Gasteiger partial charge < -0.3 is 16.2 Å². The second-order valence-corrected chi connectivity index (χ2v) is 5.75. The number of hydrogen-bond donors (Lipinski definition) is 2. The minimum absolute atomic E-state index is 0.221. The van der Waals surface area contributed by atoms with Crippen LogP contribution in [0.5, 0.6) is 5.75 Å². The summed E-state index contributed by atoms with van der Waals surface area (Å²) in [6.45, 7) is 6.30. The third-order valence-corrected chi connectivity index (χ3v) is 2.91. The first-order valence-electron chi connectivity index (χ1n) is 6.52. The first-order valence-corrected chi connectivity index (χ1v) is 6.52. The molecule has 0 bridgehead atoms. The number of rotatable bonds is 3. The molecule has 4 N–H and O–H groups in total. The summed E-state index contributed by atoms with van der Waals surface area (Å²) in [5, 5.41) is 4.46. The van der Waals surface area contributed by atoms with Crippen molar-refractivity contribution in [2.24, 2.45) is 5.73 Å². The molecule has 0 radical (unpaired) electrons. The van der Waals surface area contributed by atoms with Crippen molar-refractivity contribution in [1.29, 1.82) is 0 Å². The number of primary amides is 1. The molecule has 0 spiro atoms. The molecule has 2 aromatic heterocycles. The zero-order valence-electron chi connectivity index (χ0n) is 12.3. The van der Waals surface area contributed by atoms with Crippen molar-refractivity contribution in [1.82, 2.24) is 14.8 Å². The van der Waals surface area contributed by atoms with Crippen LogP contribution >= 0.6 is 0 Å². The number of aromatic nitrogens is 3. The van der Waals surface area contributed by atoms with Gasteiger partial charge in [0.05, 0.1) is 6.54 Å². The number of carbonyl (C=O) groups excluding carboxylic acids is 1. The minimum Gasteiger partial charge on any atom is -0.404 e. The minimum atomic E-state index is -0.909. The molecule has 0 saturated heterocycles. The predicted molar refractivity (Wildman–Crippen MR) is 78.9 cm³/mol. The van der Waals surface area contributed by atoms with E-state index in [4.69, 9.17) is 16.2 Å². The summed E-state index contributed by atoms with van der Waals surface area (Å²) < 4.78 is 6.62. The Morgan fingerprint density at radius 3 is 2.67 bits per heavy atom. The summed E-state index contributed by atoms with van der Waals surface area (Å²) in [5.74, 6) is 0.487. The van der Waals surface area contributed by atoms with Crippen LogP contribution < -0.4 is 16.2 Å². The van der Waals surface area contributed by atoms with Gasteiger partial charge in [-0.15, -0.1) is 0 Å². The van der Waals surface area contributed by atoms with Crippen molar-refractivity contribution in [3.8, 4) is 5.75 Å². The molecule has 1 amide bonds. The van der Waals surface area contributed by atoms with Gasteiger partial charge in [0, 0.05) is 17.8 Å². The number of ether oxygens (including phenoxy) is 1. The fraction of sp³-hybridized carbons (Fsp3) is 0.357. The van der Waals surface area contributed by atoms with Crippen LogP contribution in [0.15, 0.2) is 24.5 Å². The van der Waals surface area contributed by atoms with Gasteiger partial charge >= 0.3 is 6.09 Å². The second-order valence-electron chi connectivity index (χ2n) is 5.75. The number of carbonyl (C=O) groups is 1. The van der Waals surface area contributed by atoms with E-state index in [1.165, 1.54) is 0 Å². The maximum Gasteiger partial charge on any atom is 0.410 e. The van der Waals surface area contributed by atoms with E-state index in [9.17, 15) is 4.79 Å². The van der Waals surface area contributed by atoms with Gasteiger partial charge in [0.25, 0.3) is 0 Å². The highest BCUT2D eigenvalue weighted by Gasteiger charge is 2.28. The monoisotopic (exact) mass is 289 g/mol. The summed E-state index contributed by atoms with van der Waals surface area (Å²) in [4.78, 5) is 15.1. The molecule has 0 aliphatic heterocycles. The first-order chi connectivity index (χ1) is 9.79. The molecule has 0 saturated carbocycles. The van der Waals surface area contributed by atoms with Gasteiger partial charge in [0.1, 0.15) is 5.69 Å². The summed E-state index contributed by atoms with van der Waals surface area (Å²) in [6.07, 6.45) is 2.51. The van der Waals surface area contributed by atoms with Crippen LogP contribution in [0.3, 0.4) is 0 Å². The molecule has 0 aliphatic carbocycles. The van der Waals surface area contributed by atoms with Crippen molar-refractivity contribution < 1.29 is 9.53 Å². The number of nitrogens with zero attached hydrogens (tertiary/aromatic N) is 3. The van der Waals surface area contributed by atoms with Gasteiger partial charge in [0.15, 0.2) is 11.6 Å². The van der Waals surface area contributed by atoms with Crippen LogP contribution in [0.4, 0.5) is 10.6 Å². The van der Waals surface area contributed by atoms with Crippen molar-refractivity contribution in [2.75, 3.05) is 5.73 Å². The zero-order chi connectivity index (χ0) is 15.6. The molecule has 2 aromatic rings. The lowest BCUT2D eigenvalue weighted by atomic mass is 9.92. The van der Waals surface area contributed by atoms with E-state index in [2.05, 4.69) is 10.1 Å². The average Bonchev–Trinajstić information content (AvgIpc) is 2.68. The zero-order valence-corrected chi connectivity index (χ0v) is 12.3. The van der Waals surface area contributed by atoms with Gasteiger partial charge in [-0.1, -0.05) is 26.8 Å². The smallest absolute Gasteiger partial charge is 0.404 e. The fourth-order valence-electron chi connectivity index (χ4n) is 1.94. The van der Waals surface area contributed by atoms with Crippen molar-refractivity contribution in [2.45, 2.75) is 32.7 Å². The predicted octanol–water partition coefficient (Wildman–Crippen LogP) is 1.66. The number of amides is 1. The SMILES string of the molecule is CC(C)(C)c1nn(Cc2cccnc2)c(N)c1OC(N)=O. The molecule has 0 aliphatic rings. The molecule has 2 rings (SSSR count). The fourth-order valence-corrected chi connectivity index (χ4v) is 1.94. The number of nitrogens with two attached hydrogens (primary N) is 2. The lowest BCUT2D eigenvalue weighted by molar-refractivity contribution is 0.210. The van der Waals surface area contributed by atoms with E-state index < -0.39 is 6.09 Å². The van der Waals surface area contributed by atoms with E-state index in [0.717, 1.165) is 5.56 Å². The van der Waals surface area contributed by atoms with Crippen LogP contribution in [-0.4, -0.2) is 20.9 Å². The summed E-state index contributed by atoms with van der Waals surface area (Å²) in [7, 11) is 0. The molecule has 21 heavy (non-hydrogen) atoms. The Bertz CT molecular complexity index is 643. The van der Waals surface area contributed by atoms with Crippen LogP contribution in [0, 0.1) is 0 Å². The van der Waals surface area contributed by atoms with Crippen LogP contribution in [0.2, 0.25) is 0 Å². The average molecular weight is 289 g/mol. The third kappa shape index (κ3) is 3.31. The standard InChI is InChI=1S/C14H19N5O2/c1-14(2,3)11-10(21-13(16)20)12(15)19(18-11)8-9-5-4-6-17-7-9/h4-7H,8,15H2,1-3H3,(H2,16,20). The second kappa shape index (κ2) is 5.43. The molecule has 0 atom stereocenters. The number of hydrogen-bond acceptors (Lipinski definition) is 5. The normalized spacial score (nSPS) is 11.4. The molecule has 0 fully saturated rings. The first kappa shape index (κ1) is 14.8. The van der Waals surface area contributed by atoms with Gasteiger partial charge in [-0.05, 0) is 11.6 Å². The molecular formula is C14H19N5O2. The largest absolute Gasteiger partial charge is 0.410 e. The van der Waals surface area contributed by atoms with Crippen molar-refractivity contribution >= 4 is 11.9 Å². The Kier molecular flexibility index (Phi) is 3.84. The van der Waals surface area contributed by atoms with E-state index in [1.54, 1.807) is 17.1 Å². The van der Waals surface area contributed by atoms with Crippen LogP contribution in [0.1, 0.15) is 32.0 Å². The molecule has 112 valence electrons. The quantitative estimate of drug-likeness (QED) is 0.893. The molecule has 7 heteroatoms. The van der Waals surface area contributed by atoms with Crippen LogP contribution in [0.25, 0.3) is 0 Å². The summed E-state index contributed by atoms with van der Waals surface area (Å²) in [5.41, 5.74) is 12.3. The highest BCUT2D eigenvalue weighted by molar-refractivity contribution is 5.71. The Morgan fingerprint density at radius 2 is 2.14 bits per heavy atom. The highest BCUT2D eigenvalue weighted by atomic mass is 16.5. The Hall–Kier alpha value is -2.57. The number of pyridine rings is 1. The lowest BCUT2D eigenvalue weighted by Crippen LogP contribution is -2.20. The van der Waals surface area contributed by atoms with Crippen LogP contribution in [-0.2, 0) is 12.0 Å². The Balaban J connectivity index is 2.43. The van der Waals surface area contributed by atoms with Gasteiger partial charge in [0.2, 0.25) is 0 Å². The highest BCUT2D eigenvalue weighted by Crippen LogP contribution is 2.35. The van der Waals surface area contributed by atoms with Crippen molar-refractivity contribution in [3.63, 3.8) is 0 Å².